The minimum atomic E-state index is -0.255. The first-order valence-electron chi connectivity index (χ1n) is 5.39. The lowest BCUT2D eigenvalue weighted by Gasteiger charge is -2.25. The van der Waals surface area contributed by atoms with Crippen LogP contribution in [0.4, 0.5) is 10.5 Å². The van der Waals surface area contributed by atoms with Crippen LogP contribution < -0.4 is 15.4 Å². The molecule has 2 amide bonds. The Hall–Kier alpha value is -1.78. The average Bonchev–Trinajstić information content (AvgIpc) is 2.25. The van der Waals surface area contributed by atoms with Gasteiger partial charge in [0, 0.05) is 13.1 Å². The van der Waals surface area contributed by atoms with Crippen LogP contribution in [0.3, 0.4) is 0 Å². The van der Waals surface area contributed by atoms with Crippen LogP contribution in [0.25, 0.3) is 0 Å². The van der Waals surface area contributed by atoms with E-state index < -0.39 is 0 Å². The molecule has 1 saturated carbocycles. The maximum absolute atomic E-state index is 11.0. The third-order valence-corrected chi connectivity index (χ3v) is 2.56. The Balaban J connectivity index is 1.90. The molecule has 5 nitrogen and oxygen atoms in total. The van der Waals surface area contributed by atoms with Crippen LogP contribution in [0.5, 0.6) is 5.88 Å². The van der Waals surface area contributed by atoms with Gasteiger partial charge in [-0.15, -0.1) is 0 Å². The van der Waals surface area contributed by atoms with Crippen molar-refractivity contribution in [3.63, 3.8) is 0 Å². The lowest BCUT2D eigenvalue weighted by molar-refractivity contribution is 0.114. The summed E-state index contributed by atoms with van der Waals surface area (Å²) in [7, 11) is 1.57. The zero-order valence-corrected chi connectivity index (χ0v) is 9.19. The molecule has 0 bridgehead atoms. The topological polar surface area (TPSA) is 63.2 Å². The number of anilines is 1. The Morgan fingerprint density at radius 1 is 1.50 bits per heavy atom. The number of carbonyl (C=O) groups excluding carboxylic acids is 1. The van der Waals surface area contributed by atoms with Crippen LogP contribution in [0.15, 0.2) is 18.3 Å². The normalized spacial score (nSPS) is 15.1. The van der Waals surface area contributed by atoms with E-state index in [-0.39, 0.29) is 6.03 Å². The number of rotatable bonds is 3. The highest BCUT2D eigenvalue weighted by molar-refractivity contribution is 5.88. The molecule has 0 radical (unpaired) electrons. The first kappa shape index (κ1) is 10.7. The van der Waals surface area contributed by atoms with Crippen LogP contribution in [-0.2, 0) is 0 Å². The Bertz CT molecular complexity index is 360. The molecule has 1 aromatic rings. The van der Waals surface area contributed by atoms with E-state index in [0.717, 1.165) is 12.8 Å². The van der Waals surface area contributed by atoms with Crippen molar-refractivity contribution >= 4 is 11.7 Å². The molecule has 1 heterocycles. The first-order valence-corrected chi connectivity index (χ1v) is 5.39. The summed E-state index contributed by atoms with van der Waals surface area (Å²) in [4.78, 5) is 15.1. The van der Waals surface area contributed by atoms with E-state index >= 15 is 0 Å². The molecule has 2 N–H and O–H groups in total. The fourth-order valence-electron chi connectivity index (χ4n) is 1.38. The largest absolute Gasteiger partial charge is 0.474 e. The minimum absolute atomic E-state index is 0.255. The summed E-state index contributed by atoms with van der Waals surface area (Å²) in [5.41, 5.74) is 0.653. The molecule has 0 atom stereocenters. The van der Waals surface area contributed by atoms with E-state index in [1.54, 1.807) is 25.4 Å². The van der Waals surface area contributed by atoms with Gasteiger partial charge in [-0.3, -0.25) is 0 Å². The van der Waals surface area contributed by atoms with Crippen LogP contribution in [0.1, 0.15) is 19.3 Å². The molecule has 0 aliphatic heterocycles. The summed E-state index contributed by atoms with van der Waals surface area (Å²) in [5.74, 6) is 0.618. The van der Waals surface area contributed by atoms with Crippen molar-refractivity contribution in [1.82, 2.24) is 10.3 Å². The predicted octanol–water partition coefficient (Wildman–Crippen LogP) is 1.76. The molecule has 1 aliphatic rings. The smallest absolute Gasteiger partial charge is 0.319 e. The molecule has 1 fully saturated rings. The minimum Gasteiger partial charge on any atom is -0.474 e. The first-order chi connectivity index (χ1) is 7.78. The lowest BCUT2D eigenvalue weighted by atomic mass is 9.96. The lowest BCUT2D eigenvalue weighted by Crippen LogP contribution is -2.25. The predicted molar refractivity (Wildman–Crippen MR) is 60.6 cm³/mol. The number of pyridine rings is 1. The van der Waals surface area contributed by atoms with Crippen molar-refractivity contribution < 1.29 is 9.53 Å². The summed E-state index contributed by atoms with van der Waals surface area (Å²) >= 11 is 0. The van der Waals surface area contributed by atoms with Gasteiger partial charge in [0.15, 0.2) is 0 Å². The summed E-state index contributed by atoms with van der Waals surface area (Å²) in [5, 5.41) is 5.10. The molecular weight excluding hydrogens is 206 g/mol. The van der Waals surface area contributed by atoms with Gasteiger partial charge >= 0.3 is 6.03 Å². The van der Waals surface area contributed by atoms with Gasteiger partial charge in [0.2, 0.25) is 5.88 Å². The highest BCUT2D eigenvalue weighted by Gasteiger charge is 2.19. The van der Waals surface area contributed by atoms with Gasteiger partial charge < -0.3 is 15.4 Å². The molecule has 2 rings (SSSR count). The van der Waals surface area contributed by atoms with Crippen molar-refractivity contribution in [3.05, 3.63) is 18.3 Å². The molecular formula is C11H15N3O2. The quantitative estimate of drug-likeness (QED) is 0.817. The highest BCUT2D eigenvalue weighted by Crippen LogP contribution is 2.24. The van der Waals surface area contributed by atoms with Crippen LogP contribution >= 0.6 is 0 Å². The SMILES string of the molecule is CNC(=O)Nc1ccc(OC2CCC2)nc1. The third kappa shape index (κ3) is 2.62. The fraction of sp³-hybridized carbons (Fsp3) is 0.455. The van der Waals surface area contributed by atoms with Gasteiger partial charge in [-0.05, 0) is 25.3 Å². The van der Waals surface area contributed by atoms with Gasteiger partial charge in [-0.2, -0.15) is 0 Å². The molecule has 1 aromatic heterocycles. The molecule has 0 saturated heterocycles. The summed E-state index contributed by atoms with van der Waals surface area (Å²) < 4.78 is 5.60. The number of aromatic nitrogens is 1. The number of carbonyl (C=O) groups is 1. The van der Waals surface area contributed by atoms with Crippen LogP contribution in [-0.4, -0.2) is 24.2 Å². The fourth-order valence-corrected chi connectivity index (χ4v) is 1.38. The van der Waals surface area contributed by atoms with E-state index in [9.17, 15) is 4.79 Å². The number of ether oxygens (including phenoxy) is 1. The molecule has 0 unspecified atom stereocenters. The Kier molecular flexibility index (Phi) is 3.24. The second-order valence-corrected chi connectivity index (χ2v) is 3.76. The number of nitrogens with zero attached hydrogens (tertiary/aromatic N) is 1. The maximum Gasteiger partial charge on any atom is 0.319 e. The van der Waals surface area contributed by atoms with Crippen molar-refractivity contribution in [1.29, 1.82) is 0 Å². The van der Waals surface area contributed by atoms with Gasteiger partial charge in [0.25, 0.3) is 0 Å². The number of hydrogen-bond donors (Lipinski definition) is 2. The van der Waals surface area contributed by atoms with Gasteiger partial charge in [0.05, 0.1) is 11.9 Å². The van der Waals surface area contributed by atoms with E-state index in [1.807, 2.05) is 0 Å². The number of nitrogens with one attached hydrogen (secondary N) is 2. The summed E-state index contributed by atoms with van der Waals surface area (Å²) in [6.45, 7) is 0. The maximum atomic E-state index is 11.0. The Morgan fingerprint density at radius 3 is 2.81 bits per heavy atom. The Morgan fingerprint density at radius 2 is 2.31 bits per heavy atom. The number of hydrogen-bond acceptors (Lipinski definition) is 3. The zero-order valence-electron chi connectivity index (χ0n) is 9.19. The van der Waals surface area contributed by atoms with Gasteiger partial charge in [-0.25, -0.2) is 9.78 Å². The van der Waals surface area contributed by atoms with Crippen molar-refractivity contribution in [2.45, 2.75) is 25.4 Å². The molecule has 0 aromatic carbocycles. The van der Waals surface area contributed by atoms with E-state index in [4.69, 9.17) is 4.74 Å². The standard InChI is InChI=1S/C11H15N3O2/c1-12-11(15)14-8-5-6-10(13-7-8)16-9-3-2-4-9/h5-7,9H,2-4H2,1H3,(H2,12,14,15). The van der Waals surface area contributed by atoms with E-state index in [0.29, 0.717) is 17.7 Å². The molecule has 0 spiro atoms. The Labute approximate surface area is 94.2 Å². The summed E-state index contributed by atoms with van der Waals surface area (Å²) in [6.07, 6.45) is 5.37. The zero-order chi connectivity index (χ0) is 11.4. The van der Waals surface area contributed by atoms with Crippen molar-refractivity contribution in [2.75, 3.05) is 12.4 Å². The van der Waals surface area contributed by atoms with Crippen LogP contribution in [0, 0.1) is 0 Å². The highest BCUT2D eigenvalue weighted by atomic mass is 16.5. The third-order valence-electron chi connectivity index (χ3n) is 2.56. The van der Waals surface area contributed by atoms with Crippen molar-refractivity contribution in [3.8, 4) is 5.88 Å². The molecule has 16 heavy (non-hydrogen) atoms. The van der Waals surface area contributed by atoms with E-state index in [1.165, 1.54) is 6.42 Å². The second kappa shape index (κ2) is 4.83. The van der Waals surface area contributed by atoms with Gasteiger partial charge in [-0.1, -0.05) is 0 Å². The molecule has 5 heteroatoms. The monoisotopic (exact) mass is 221 g/mol. The number of amides is 2. The number of urea groups is 1. The van der Waals surface area contributed by atoms with Crippen LogP contribution in [0.2, 0.25) is 0 Å². The van der Waals surface area contributed by atoms with E-state index in [2.05, 4.69) is 15.6 Å². The van der Waals surface area contributed by atoms with Crippen molar-refractivity contribution in [2.24, 2.45) is 0 Å². The average molecular weight is 221 g/mol. The van der Waals surface area contributed by atoms with Gasteiger partial charge in [0.1, 0.15) is 6.10 Å². The summed E-state index contributed by atoms with van der Waals surface area (Å²) in [6, 6.07) is 3.29. The molecule has 1 aliphatic carbocycles. The molecule has 86 valence electrons. The second-order valence-electron chi connectivity index (χ2n) is 3.76.